The summed E-state index contributed by atoms with van der Waals surface area (Å²) in [4.78, 5) is 42.4. The fourth-order valence-corrected chi connectivity index (χ4v) is 3.64. The fourth-order valence-electron chi connectivity index (χ4n) is 3.64. The van der Waals surface area contributed by atoms with E-state index in [0.29, 0.717) is 18.0 Å². The molecule has 7 N–H and O–H groups in total. The van der Waals surface area contributed by atoms with Gasteiger partial charge in [-0.25, -0.2) is 9.78 Å². The first kappa shape index (κ1) is 21.1. The van der Waals surface area contributed by atoms with Gasteiger partial charge in [0.05, 0.1) is 5.69 Å². The van der Waals surface area contributed by atoms with Crippen molar-refractivity contribution in [3.8, 4) is 0 Å². The lowest BCUT2D eigenvalue weighted by Gasteiger charge is -2.13. The van der Waals surface area contributed by atoms with E-state index in [1.54, 1.807) is 6.07 Å². The van der Waals surface area contributed by atoms with Crippen molar-refractivity contribution in [1.29, 1.82) is 0 Å². The number of carbonyl (C=O) groups excluding carboxylic acids is 1. The molecule has 30 heavy (non-hydrogen) atoms. The zero-order valence-electron chi connectivity index (χ0n) is 16.1. The van der Waals surface area contributed by atoms with E-state index >= 15 is 0 Å². The molecule has 11 nitrogen and oxygen atoms in total. The number of carbonyl (C=O) groups is 3. The highest BCUT2D eigenvalue weighted by Gasteiger charge is 2.28. The van der Waals surface area contributed by atoms with Crippen LogP contribution in [-0.2, 0) is 22.4 Å². The minimum Gasteiger partial charge on any atom is -0.481 e. The van der Waals surface area contributed by atoms with Crippen LogP contribution in [0.2, 0.25) is 0 Å². The number of aryl methyl sites for hydroxylation is 2. The normalized spacial score (nSPS) is 16.1. The lowest BCUT2D eigenvalue weighted by Crippen LogP contribution is -2.41. The number of anilines is 2. The van der Waals surface area contributed by atoms with Gasteiger partial charge in [0.25, 0.3) is 5.91 Å². The van der Waals surface area contributed by atoms with E-state index in [4.69, 9.17) is 26.1 Å². The number of amides is 1. The van der Waals surface area contributed by atoms with E-state index in [-0.39, 0.29) is 30.5 Å². The average Bonchev–Trinajstić information content (AvgIpc) is 3.29. The van der Waals surface area contributed by atoms with Crippen LogP contribution in [0, 0.1) is 0 Å². The van der Waals surface area contributed by atoms with Gasteiger partial charge in [-0.2, -0.15) is 4.98 Å². The van der Waals surface area contributed by atoms with Crippen molar-refractivity contribution in [2.45, 2.75) is 50.5 Å². The molecule has 1 unspecified atom stereocenters. The Bertz CT molecular complexity index is 972. The van der Waals surface area contributed by atoms with Gasteiger partial charge in [0, 0.05) is 18.4 Å². The maximum Gasteiger partial charge on any atom is 0.326 e. The van der Waals surface area contributed by atoms with Crippen molar-refractivity contribution in [1.82, 2.24) is 15.3 Å². The third kappa shape index (κ3) is 4.85. The minimum absolute atomic E-state index is 0.0333. The number of hydrogen-bond acceptors (Lipinski definition) is 8. The zero-order chi connectivity index (χ0) is 21.8. The predicted octanol–water partition coefficient (Wildman–Crippen LogP) is 0.944. The van der Waals surface area contributed by atoms with Crippen molar-refractivity contribution in [3.63, 3.8) is 0 Å². The molecule has 0 saturated heterocycles. The summed E-state index contributed by atoms with van der Waals surface area (Å²) in [5, 5.41) is 20.1. The number of nitrogen functional groups attached to an aromatic ring is 2. The molecule has 2 heterocycles. The van der Waals surface area contributed by atoms with Crippen molar-refractivity contribution in [3.05, 3.63) is 34.9 Å². The van der Waals surface area contributed by atoms with Gasteiger partial charge < -0.3 is 31.4 Å². The molecule has 1 aliphatic rings. The van der Waals surface area contributed by atoms with E-state index < -0.39 is 23.9 Å². The first-order chi connectivity index (χ1) is 14.2. The van der Waals surface area contributed by atoms with Crippen LogP contribution in [0.3, 0.4) is 0 Å². The molecular weight excluding hydrogens is 394 g/mol. The van der Waals surface area contributed by atoms with E-state index in [2.05, 4.69) is 15.3 Å². The molecule has 1 amide bonds. The highest BCUT2D eigenvalue weighted by Crippen LogP contribution is 2.38. The molecule has 0 spiro atoms. The second-order valence-corrected chi connectivity index (χ2v) is 7.16. The van der Waals surface area contributed by atoms with E-state index in [1.807, 2.05) is 0 Å². The van der Waals surface area contributed by atoms with Crippen LogP contribution in [0.1, 0.15) is 59.2 Å². The van der Waals surface area contributed by atoms with Crippen LogP contribution in [0.15, 0.2) is 16.5 Å². The summed E-state index contributed by atoms with van der Waals surface area (Å²) < 4.78 is 5.55. The topological polar surface area (TPSA) is 195 Å². The Hall–Kier alpha value is -3.63. The highest BCUT2D eigenvalue weighted by molar-refractivity contribution is 5.94. The maximum atomic E-state index is 12.3. The first-order valence-corrected chi connectivity index (χ1v) is 9.50. The van der Waals surface area contributed by atoms with Crippen LogP contribution in [0.5, 0.6) is 0 Å². The molecule has 1 aliphatic carbocycles. The molecule has 0 saturated carbocycles. The predicted molar refractivity (Wildman–Crippen MR) is 105 cm³/mol. The van der Waals surface area contributed by atoms with Crippen molar-refractivity contribution < 1.29 is 29.0 Å². The summed E-state index contributed by atoms with van der Waals surface area (Å²) in [6.45, 7) is 0. The van der Waals surface area contributed by atoms with Crippen LogP contribution in [0.25, 0.3) is 0 Å². The molecule has 0 bridgehead atoms. The average molecular weight is 417 g/mol. The van der Waals surface area contributed by atoms with Crippen molar-refractivity contribution >= 4 is 29.6 Å². The Morgan fingerprint density at radius 3 is 2.70 bits per heavy atom. The fraction of sp³-hybridized carbons (Fsp3) is 0.421. The van der Waals surface area contributed by atoms with Crippen molar-refractivity contribution in [2.24, 2.45) is 0 Å². The van der Waals surface area contributed by atoms with Gasteiger partial charge in [0.1, 0.15) is 17.6 Å². The minimum atomic E-state index is -1.31. The van der Waals surface area contributed by atoms with Crippen LogP contribution in [0.4, 0.5) is 11.8 Å². The van der Waals surface area contributed by atoms with Crippen molar-refractivity contribution in [2.75, 3.05) is 11.5 Å². The standard InChI is InChI=1S/C19H23N5O6/c20-16-15-9(2-5-11(15)23-19(21)24-16)1-3-10-4-7-13(30-10)17(27)22-12(18(28)29)6-8-14(25)26/h4,7,9,12H,1-3,5-6,8H2,(H,22,27)(H,25,26)(H,28,29)(H4,20,21,23,24)/t9?,12-/m0/s1. The van der Waals surface area contributed by atoms with Gasteiger partial charge in [-0.1, -0.05) is 0 Å². The monoisotopic (exact) mass is 417 g/mol. The van der Waals surface area contributed by atoms with Gasteiger partial charge in [-0.05, 0) is 43.7 Å². The quantitative estimate of drug-likeness (QED) is 0.392. The molecule has 3 rings (SSSR count). The Morgan fingerprint density at radius 1 is 1.23 bits per heavy atom. The second-order valence-electron chi connectivity index (χ2n) is 7.16. The number of hydrogen-bond donors (Lipinski definition) is 5. The number of furan rings is 1. The number of aliphatic carboxylic acids is 2. The lowest BCUT2D eigenvalue weighted by molar-refractivity contribution is -0.140. The Kier molecular flexibility index (Phi) is 6.19. The molecular formula is C19H23N5O6. The van der Waals surface area contributed by atoms with E-state index in [9.17, 15) is 14.4 Å². The summed E-state index contributed by atoms with van der Waals surface area (Å²) in [6.07, 6.45) is 2.31. The van der Waals surface area contributed by atoms with Gasteiger partial charge in [-0.15, -0.1) is 0 Å². The molecule has 2 aromatic heterocycles. The lowest BCUT2D eigenvalue weighted by atomic mass is 9.96. The molecule has 0 fully saturated rings. The third-order valence-electron chi connectivity index (χ3n) is 5.08. The van der Waals surface area contributed by atoms with E-state index in [0.717, 1.165) is 30.5 Å². The number of carboxylic acids is 2. The molecule has 0 aromatic carbocycles. The molecule has 160 valence electrons. The highest BCUT2D eigenvalue weighted by atomic mass is 16.4. The first-order valence-electron chi connectivity index (χ1n) is 9.50. The summed E-state index contributed by atoms with van der Waals surface area (Å²) in [5.41, 5.74) is 13.4. The maximum absolute atomic E-state index is 12.3. The number of aromatic nitrogens is 2. The number of nitrogens with zero attached hydrogens (tertiary/aromatic N) is 2. The Balaban J connectivity index is 1.59. The number of nitrogens with two attached hydrogens (primary N) is 2. The smallest absolute Gasteiger partial charge is 0.326 e. The Morgan fingerprint density at radius 2 is 2.00 bits per heavy atom. The number of nitrogens with one attached hydrogen (secondary N) is 1. The largest absolute Gasteiger partial charge is 0.481 e. The Labute approximate surface area is 171 Å². The van der Waals surface area contributed by atoms with Gasteiger partial charge in [0.15, 0.2) is 5.76 Å². The van der Waals surface area contributed by atoms with Crippen LogP contribution in [-0.4, -0.2) is 44.1 Å². The van der Waals surface area contributed by atoms with E-state index in [1.165, 1.54) is 6.07 Å². The second kappa shape index (κ2) is 8.80. The zero-order valence-corrected chi connectivity index (χ0v) is 16.1. The summed E-state index contributed by atoms with van der Waals surface area (Å²) >= 11 is 0. The van der Waals surface area contributed by atoms with Gasteiger partial charge in [0.2, 0.25) is 5.95 Å². The molecule has 2 atom stereocenters. The molecule has 2 aromatic rings. The summed E-state index contributed by atoms with van der Waals surface area (Å²) in [5.74, 6) is -1.91. The molecule has 11 heteroatoms. The van der Waals surface area contributed by atoms with Gasteiger partial charge >= 0.3 is 11.9 Å². The number of fused-ring (bicyclic) bond motifs is 1. The van der Waals surface area contributed by atoms with Crippen LogP contribution < -0.4 is 16.8 Å². The molecule has 0 radical (unpaired) electrons. The SMILES string of the molecule is Nc1nc(N)c2c(n1)CCC2CCc1ccc(C(=O)N[C@@H](CCC(=O)O)C(=O)O)o1. The third-order valence-corrected chi connectivity index (χ3v) is 5.08. The summed E-state index contributed by atoms with van der Waals surface area (Å²) in [6, 6.07) is 1.80. The number of rotatable bonds is 9. The number of carboxylic acid groups (broad SMARTS) is 2. The molecule has 0 aliphatic heterocycles. The van der Waals surface area contributed by atoms with Crippen LogP contribution >= 0.6 is 0 Å². The van der Waals surface area contributed by atoms with Gasteiger partial charge in [-0.3, -0.25) is 9.59 Å². The summed E-state index contributed by atoms with van der Waals surface area (Å²) in [7, 11) is 0.